The number of amides is 2. The minimum absolute atomic E-state index is 0.360. The monoisotopic (exact) mass is 435 g/mol. The van der Waals surface area contributed by atoms with Gasteiger partial charge >= 0.3 is 0 Å². The predicted molar refractivity (Wildman–Crippen MR) is 124 cm³/mol. The number of aromatic nitrogens is 2. The van der Waals surface area contributed by atoms with E-state index in [1.54, 1.807) is 18.0 Å². The predicted octanol–water partition coefficient (Wildman–Crippen LogP) is 3.32. The third-order valence-corrected chi connectivity index (χ3v) is 5.09. The number of rotatable bonds is 5. The topological polar surface area (TPSA) is 111 Å². The van der Waals surface area contributed by atoms with Gasteiger partial charge in [0.25, 0.3) is 5.91 Å². The zero-order chi connectivity index (χ0) is 23.3. The van der Waals surface area contributed by atoms with Gasteiger partial charge < -0.3 is 10.1 Å². The second-order valence-corrected chi connectivity index (χ2v) is 7.60. The van der Waals surface area contributed by atoms with Crippen LogP contribution in [-0.2, 0) is 4.79 Å². The normalized spacial score (nSPS) is 17.5. The number of aliphatic hydroxyl groups is 1. The van der Waals surface area contributed by atoms with Crippen LogP contribution in [0.4, 0.5) is 0 Å². The first-order chi connectivity index (χ1) is 15.4. The molecule has 2 atom stereocenters. The highest BCUT2D eigenvalue weighted by atomic mass is 16.3. The second kappa shape index (κ2) is 10.2. The number of benzene rings is 2. The fraction of sp³-hybridized carbons (Fsp3) is 0.333. The van der Waals surface area contributed by atoms with Gasteiger partial charge in [0, 0.05) is 17.7 Å². The molecular formula is C24H29N5O3. The lowest BCUT2D eigenvalue weighted by atomic mass is 10.0. The van der Waals surface area contributed by atoms with Gasteiger partial charge in [-0.05, 0) is 31.5 Å². The van der Waals surface area contributed by atoms with Gasteiger partial charge in [0.2, 0.25) is 6.41 Å². The van der Waals surface area contributed by atoms with E-state index in [1.165, 1.54) is 6.42 Å². The van der Waals surface area contributed by atoms with E-state index in [1.807, 2.05) is 43.3 Å². The first kappa shape index (κ1) is 23.1. The largest absolute Gasteiger partial charge is 0.384 e. The number of imide groups is 1. The minimum Gasteiger partial charge on any atom is -0.384 e. The number of hydrogen-bond acceptors (Lipinski definition) is 6. The summed E-state index contributed by atoms with van der Waals surface area (Å²) in [6, 6.07) is 12.5. The number of hydrogen-bond donors (Lipinski definition) is 3. The fourth-order valence-corrected chi connectivity index (χ4v) is 3.67. The van der Waals surface area contributed by atoms with Crippen LogP contribution in [0.3, 0.4) is 0 Å². The highest BCUT2D eigenvalue weighted by molar-refractivity contribution is 6.05. The van der Waals surface area contributed by atoms with Crippen LogP contribution in [0.2, 0.25) is 0 Å². The molecule has 0 fully saturated rings. The van der Waals surface area contributed by atoms with Crippen LogP contribution >= 0.6 is 0 Å². The van der Waals surface area contributed by atoms with Crippen molar-refractivity contribution < 1.29 is 14.7 Å². The van der Waals surface area contributed by atoms with E-state index < -0.39 is 18.1 Å². The molecule has 0 aliphatic carbocycles. The lowest BCUT2D eigenvalue weighted by Gasteiger charge is -2.22. The van der Waals surface area contributed by atoms with Crippen molar-refractivity contribution in [1.82, 2.24) is 20.3 Å². The Labute approximate surface area is 187 Å². The molecule has 2 unspecified atom stereocenters. The lowest BCUT2D eigenvalue weighted by Crippen LogP contribution is -2.30. The van der Waals surface area contributed by atoms with Crippen molar-refractivity contribution in [2.75, 3.05) is 6.54 Å². The number of nitrogens with zero attached hydrogens (tertiary/aromatic N) is 3. The van der Waals surface area contributed by atoms with Crippen LogP contribution in [0.5, 0.6) is 0 Å². The molecule has 3 aromatic rings. The van der Waals surface area contributed by atoms with Crippen molar-refractivity contribution in [3.05, 3.63) is 65.0 Å². The minimum atomic E-state index is -0.850. The molecule has 8 nitrogen and oxygen atoms in total. The van der Waals surface area contributed by atoms with Crippen LogP contribution in [0.1, 0.15) is 60.5 Å². The van der Waals surface area contributed by atoms with E-state index in [9.17, 15) is 14.7 Å². The summed E-state index contributed by atoms with van der Waals surface area (Å²) < 4.78 is 0. The molecule has 0 bridgehead atoms. The van der Waals surface area contributed by atoms with Gasteiger partial charge in [-0.1, -0.05) is 50.6 Å². The molecule has 1 aliphatic rings. The van der Waals surface area contributed by atoms with E-state index >= 15 is 0 Å². The fourth-order valence-electron chi connectivity index (χ4n) is 3.67. The van der Waals surface area contributed by atoms with Gasteiger partial charge in [-0.2, -0.15) is 5.10 Å². The van der Waals surface area contributed by atoms with Gasteiger partial charge in [0.05, 0.1) is 16.7 Å². The maximum Gasteiger partial charge on any atom is 0.257 e. The zero-order valence-corrected chi connectivity index (χ0v) is 18.8. The Morgan fingerprint density at radius 3 is 2.53 bits per heavy atom. The number of carbonyl (C=O) groups is 2. The number of aliphatic hydroxyl groups excluding tert-OH is 1. The molecular weight excluding hydrogens is 406 g/mol. The summed E-state index contributed by atoms with van der Waals surface area (Å²) in [5.41, 5.74) is 3.88. The molecule has 4 rings (SSSR count). The summed E-state index contributed by atoms with van der Waals surface area (Å²) in [7, 11) is 0. The number of aromatic amines is 1. The molecule has 2 amide bonds. The standard InChI is InChI=1S/C21H21N5O3.C3H8/c1-3-26-18(19(28)17(25-26)13-7-5-4-6-8-13)20-23-15-9-12(2)14(10-16(15)24-20)21(29)22-11-27;1-3-2/h4-11,18-19,28H,3H2,1-2H3,(H,23,24)(H,22,27,29);3H2,1-2H3. The Morgan fingerprint density at radius 2 is 1.91 bits per heavy atom. The first-order valence-corrected chi connectivity index (χ1v) is 10.8. The van der Waals surface area contributed by atoms with Crippen LogP contribution in [0, 0.1) is 6.92 Å². The van der Waals surface area contributed by atoms with Crippen LogP contribution in [-0.4, -0.2) is 50.8 Å². The van der Waals surface area contributed by atoms with Crippen molar-refractivity contribution >= 4 is 29.1 Å². The molecule has 8 heteroatoms. The molecule has 0 saturated heterocycles. The Balaban J connectivity index is 0.000000913. The second-order valence-electron chi connectivity index (χ2n) is 7.60. The molecule has 1 aromatic heterocycles. The molecule has 168 valence electrons. The Bertz CT molecular complexity index is 1120. The van der Waals surface area contributed by atoms with E-state index in [4.69, 9.17) is 0 Å². The maximum absolute atomic E-state index is 12.1. The summed E-state index contributed by atoms with van der Waals surface area (Å²) in [4.78, 5) is 30.5. The van der Waals surface area contributed by atoms with Crippen molar-refractivity contribution in [3.63, 3.8) is 0 Å². The molecule has 2 aromatic carbocycles. The Hall–Kier alpha value is -3.52. The number of carbonyl (C=O) groups excluding carboxylic acids is 2. The summed E-state index contributed by atoms with van der Waals surface area (Å²) in [5.74, 6) is 0.0890. The third-order valence-electron chi connectivity index (χ3n) is 5.09. The average Bonchev–Trinajstić information content (AvgIpc) is 3.34. The SMILES string of the molecule is CCC.CCN1N=C(c2ccccc2)C(O)C1c1nc2cc(C(=O)NC=O)c(C)cc2[nH]1. The molecule has 0 spiro atoms. The number of fused-ring (bicyclic) bond motifs is 1. The summed E-state index contributed by atoms with van der Waals surface area (Å²) in [6.07, 6.45) is 0.759. The maximum atomic E-state index is 12.1. The smallest absolute Gasteiger partial charge is 0.257 e. The van der Waals surface area contributed by atoms with E-state index in [0.29, 0.717) is 41.1 Å². The zero-order valence-electron chi connectivity index (χ0n) is 18.8. The number of hydrazone groups is 1. The number of nitrogens with one attached hydrogen (secondary N) is 2. The van der Waals surface area contributed by atoms with E-state index in [-0.39, 0.29) is 0 Å². The van der Waals surface area contributed by atoms with Crippen molar-refractivity contribution in [2.24, 2.45) is 5.10 Å². The molecule has 1 aliphatic heterocycles. The van der Waals surface area contributed by atoms with Gasteiger partial charge in [-0.3, -0.25) is 19.9 Å². The number of imidazole rings is 1. The van der Waals surface area contributed by atoms with Crippen LogP contribution in [0.15, 0.2) is 47.6 Å². The summed E-state index contributed by atoms with van der Waals surface area (Å²) >= 11 is 0. The number of aryl methyl sites for hydroxylation is 1. The molecule has 32 heavy (non-hydrogen) atoms. The molecule has 0 saturated carbocycles. The van der Waals surface area contributed by atoms with Gasteiger partial charge in [0.15, 0.2) is 0 Å². The van der Waals surface area contributed by atoms with Crippen molar-refractivity contribution in [2.45, 2.75) is 46.3 Å². The Kier molecular flexibility index (Phi) is 7.37. The van der Waals surface area contributed by atoms with Crippen LogP contribution < -0.4 is 5.32 Å². The van der Waals surface area contributed by atoms with Gasteiger partial charge in [-0.15, -0.1) is 0 Å². The van der Waals surface area contributed by atoms with E-state index in [2.05, 4.69) is 34.2 Å². The molecule has 3 N–H and O–H groups in total. The lowest BCUT2D eigenvalue weighted by molar-refractivity contribution is -0.108. The number of H-pyrrole nitrogens is 1. The molecule has 0 radical (unpaired) electrons. The van der Waals surface area contributed by atoms with Crippen LogP contribution in [0.25, 0.3) is 11.0 Å². The molecule has 2 heterocycles. The van der Waals surface area contributed by atoms with Crippen molar-refractivity contribution in [3.8, 4) is 0 Å². The van der Waals surface area contributed by atoms with Crippen molar-refractivity contribution in [1.29, 1.82) is 0 Å². The number of likely N-dealkylation sites (N-methyl/N-ethyl adjacent to an activating group) is 1. The van der Waals surface area contributed by atoms with Gasteiger partial charge in [-0.25, -0.2) is 4.98 Å². The average molecular weight is 436 g/mol. The summed E-state index contributed by atoms with van der Waals surface area (Å²) in [6.45, 7) is 8.60. The summed E-state index contributed by atoms with van der Waals surface area (Å²) in [5, 5.41) is 19.6. The third kappa shape index (κ3) is 4.55. The first-order valence-electron chi connectivity index (χ1n) is 10.8. The Morgan fingerprint density at radius 1 is 1.22 bits per heavy atom. The van der Waals surface area contributed by atoms with Gasteiger partial charge in [0.1, 0.15) is 18.0 Å². The highest BCUT2D eigenvalue weighted by Gasteiger charge is 2.39. The highest BCUT2D eigenvalue weighted by Crippen LogP contribution is 2.32. The quantitative estimate of drug-likeness (QED) is 0.533. The van der Waals surface area contributed by atoms with E-state index in [0.717, 1.165) is 11.1 Å².